The molecule has 2 aliphatic rings. The number of nitrogens with zero attached hydrogens (tertiary/aromatic N) is 1. The van der Waals surface area contributed by atoms with Gasteiger partial charge in [-0.25, -0.2) is 0 Å². The van der Waals surface area contributed by atoms with E-state index >= 15 is 0 Å². The maximum atomic E-state index is 11.2. The second-order valence-corrected chi connectivity index (χ2v) is 4.03. The standard InChI is InChI=1S/C12H15NO2/c1-8(15)9-3-4-10-5-11(7-14)13(2)12(10)6-9/h3-6,10,12,14H,7H2,1-2H3. The number of hydrogen-bond acceptors (Lipinski definition) is 3. The monoisotopic (exact) mass is 205 g/mol. The molecule has 0 aromatic heterocycles. The number of carbonyl (C=O) groups is 1. The lowest BCUT2D eigenvalue weighted by molar-refractivity contribution is -0.113. The largest absolute Gasteiger partial charge is 0.390 e. The van der Waals surface area contributed by atoms with Crippen molar-refractivity contribution in [1.29, 1.82) is 0 Å². The molecule has 1 aliphatic heterocycles. The van der Waals surface area contributed by atoms with Gasteiger partial charge in [-0.15, -0.1) is 0 Å². The zero-order valence-corrected chi connectivity index (χ0v) is 8.97. The molecular weight excluding hydrogens is 190 g/mol. The van der Waals surface area contributed by atoms with Crippen LogP contribution < -0.4 is 0 Å². The quantitative estimate of drug-likeness (QED) is 0.727. The summed E-state index contributed by atoms with van der Waals surface area (Å²) in [6.45, 7) is 1.63. The smallest absolute Gasteiger partial charge is 0.159 e. The molecule has 0 bridgehead atoms. The van der Waals surface area contributed by atoms with Crippen LogP contribution in [0.5, 0.6) is 0 Å². The number of rotatable bonds is 2. The van der Waals surface area contributed by atoms with Crippen LogP contribution in [0.1, 0.15) is 6.92 Å². The summed E-state index contributed by atoms with van der Waals surface area (Å²) >= 11 is 0. The first-order valence-corrected chi connectivity index (χ1v) is 5.09. The SMILES string of the molecule is CC(=O)C1=CC2C(C=C1)C=C(CO)N2C. The van der Waals surface area contributed by atoms with E-state index in [-0.39, 0.29) is 18.4 Å². The normalized spacial score (nSPS) is 28.6. The topological polar surface area (TPSA) is 40.5 Å². The summed E-state index contributed by atoms with van der Waals surface area (Å²) in [5.74, 6) is 0.385. The molecule has 3 heteroatoms. The Hall–Kier alpha value is -1.35. The molecule has 2 atom stereocenters. The third-order valence-electron chi connectivity index (χ3n) is 3.10. The Bertz CT molecular complexity index is 379. The lowest BCUT2D eigenvalue weighted by atomic mass is 9.92. The minimum Gasteiger partial charge on any atom is -0.390 e. The van der Waals surface area contributed by atoms with Gasteiger partial charge in [0.15, 0.2) is 5.78 Å². The summed E-state index contributed by atoms with van der Waals surface area (Å²) in [6.07, 6.45) is 7.93. The number of aliphatic hydroxyl groups is 1. The van der Waals surface area contributed by atoms with Crippen molar-refractivity contribution < 1.29 is 9.90 Å². The maximum Gasteiger partial charge on any atom is 0.159 e. The summed E-state index contributed by atoms with van der Waals surface area (Å²) in [4.78, 5) is 13.3. The Kier molecular flexibility index (Phi) is 2.49. The van der Waals surface area contributed by atoms with Gasteiger partial charge in [0, 0.05) is 24.2 Å². The van der Waals surface area contributed by atoms with Crippen molar-refractivity contribution in [3.63, 3.8) is 0 Å². The van der Waals surface area contributed by atoms with Crippen LogP contribution in [0, 0.1) is 5.92 Å². The molecule has 1 heterocycles. The lowest BCUT2D eigenvalue weighted by Crippen LogP contribution is -2.31. The summed E-state index contributed by atoms with van der Waals surface area (Å²) in [5, 5.41) is 9.14. The van der Waals surface area contributed by atoms with E-state index in [1.807, 2.05) is 30.2 Å². The molecule has 2 unspecified atom stereocenters. The van der Waals surface area contributed by atoms with E-state index in [2.05, 4.69) is 6.08 Å². The van der Waals surface area contributed by atoms with E-state index in [4.69, 9.17) is 5.11 Å². The van der Waals surface area contributed by atoms with Gasteiger partial charge in [0.1, 0.15) is 0 Å². The van der Waals surface area contributed by atoms with Crippen molar-refractivity contribution in [3.8, 4) is 0 Å². The van der Waals surface area contributed by atoms with Crippen molar-refractivity contribution in [1.82, 2.24) is 4.90 Å². The van der Waals surface area contributed by atoms with Gasteiger partial charge in [-0.3, -0.25) is 4.79 Å². The zero-order chi connectivity index (χ0) is 11.0. The second-order valence-electron chi connectivity index (χ2n) is 4.03. The van der Waals surface area contributed by atoms with Gasteiger partial charge in [0.25, 0.3) is 0 Å². The summed E-state index contributed by atoms with van der Waals surface area (Å²) in [6, 6.07) is 0.191. The van der Waals surface area contributed by atoms with Crippen LogP contribution in [0.2, 0.25) is 0 Å². The van der Waals surface area contributed by atoms with Crippen molar-refractivity contribution in [2.75, 3.05) is 13.7 Å². The van der Waals surface area contributed by atoms with Gasteiger partial charge < -0.3 is 10.0 Å². The van der Waals surface area contributed by atoms with Crippen molar-refractivity contribution in [3.05, 3.63) is 35.6 Å². The molecule has 0 saturated carbocycles. The first kappa shape index (κ1) is 10.2. The molecule has 0 spiro atoms. The number of carbonyl (C=O) groups excluding carboxylic acids is 1. The van der Waals surface area contributed by atoms with Crippen molar-refractivity contribution >= 4 is 5.78 Å². The van der Waals surface area contributed by atoms with Gasteiger partial charge in [-0.05, 0) is 6.92 Å². The molecule has 3 nitrogen and oxygen atoms in total. The molecule has 80 valence electrons. The Labute approximate surface area is 89.4 Å². The van der Waals surface area contributed by atoms with E-state index in [1.54, 1.807) is 6.92 Å². The number of likely N-dealkylation sites (N-methyl/N-ethyl adjacent to an activating group) is 1. The van der Waals surface area contributed by atoms with Gasteiger partial charge in [0.05, 0.1) is 12.6 Å². The van der Waals surface area contributed by atoms with E-state index < -0.39 is 0 Å². The van der Waals surface area contributed by atoms with Crippen LogP contribution in [0.25, 0.3) is 0 Å². The molecular formula is C12H15NO2. The fourth-order valence-corrected chi connectivity index (χ4v) is 2.13. The molecule has 0 amide bonds. The lowest BCUT2D eigenvalue weighted by Gasteiger charge is -2.27. The molecule has 0 fully saturated rings. The van der Waals surface area contributed by atoms with E-state index in [9.17, 15) is 4.79 Å². The Balaban J connectivity index is 2.26. The Morgan fingerprint density at radius 3 is 2.87 bits per heavy atom. The Morgan fingerprint density at radius 2 is 2.27 bits per heavy atom. The van der Waals surface area contributed by atoms with E-state index in [0.29, 0.717) is 5.92 Å². The molecule has 15 heavy (non-hydrogen) atoms. The van der Waals surface area contributed by atoms with Crippen molar-refractivity contribution in [2.24, 2.45) is 5.92 Å². The van der Waals surface area contributed by atoms with Crippen LogP contribution in [-0.4, -0.2) is 35.5 Å². The highest BCUT2D eigenvalue weighted by molar-refractivity contribution is 5.96. The average molecular weight is 205 g/mol. The number of allylic oxidation sites excluding steroid dienone is 2. The zero-order valence-electron chi connectivity index (χ0n) is 8.97. The maximum absolute atomic E-state index is 11.2. The highest BCUT2D eigenvalue weighted by Gasteiger charge is 2.30. The predicted octanol–water partition coefficient (Wildman–Crippen LogP) is 0.878. The first-order valence-electron chi connectivity index (χ1n) is 5.09. The highest BCUT2D eigenvalue weighted by atomic mass is 16.3. The van der Waals surface area contributed by atoms with Crippen LogP contribution >= 0.6 is 0 Å². The number of fused-ring (bicyclic) bond motifs is 1. The fourth-order valence-electron chi connectivity index (χ4n) is 2.13. The third-order valence-corrected chi connectivity index (χ3v) is 3.10. The first-order chi connectivity index (χ1) is 7.13. The van der Waals surface area contributed by atoms with Gasteiger partial charge >= 0.3 is 0 Å². The molecule has 1 N–H and O–H groups in total. The van der Waals surface area contributed by atoms with Gasteiger partial charge in [0.2, 0.25) is 0 Å². The van der Waals surface area contributed by atoms with E-state index in [0.717, 1.165) is 11.3 Å². The summed E-state index contributed by atoms with van der Waals surface area (Å²) < 4.78 is 0. The molecule has 0 radical (unpaired) electrons. The van der Waals surface area contributed by atoms with Crippen LogP contribution in [-0.2, 0) is 4.79 Å². The van der Waals surface area contributed by atoms with Crippen LogP contribution in [0.15, 0.2) is 35.6 Å². The number of hydrogen-bond donors (Lipinski definition) is 1. The van der Waals surface area contributed by atoms with Gasteiger partial charge in [-0.1, -0.05) is 24.3 Å². The number of ketones is 1. The van der Waals surface area contributed by atoms with Crippen molar-refractivity contribution in [2.45, 2.75) is 13.0 Å². The molecule has 2 rings (SSSR count). The highest BCUT2D eigenvalue weighted by Crippen LogP contribution is 2.31. The minimum atomic E-state index is 0.0561. The summed E-state index contributed by atoms with van der Waals surface area (Å²) in [5.41, 5.74) is 1.69. The fraction of sp³-hybridized carbons (Fsp3) is 0.417. The summed E-state index contributed by atoms with van der Waals surface area (Å²) in [7, 11) is 1.94. The molecule has 1 aliphatic carbocycles. The van der Waals surface area contributed by atoms with Crippen LogP contribution in [0.4, 0.5) is 0 Å². The average Bonchev–Trinajstić information content (AvgIpc) is 2.55. The molecule has 0 aromatic carbocycles. The number of aliphatic hydroxyl groups excluding tert-OH is 1. The number of Topliss-reactive ketones (excluding diaryl/α,β-unsaturated/α-hetero) is 1. The molecule has 0 aromatic rings. The minimum absolute atomic E-state index is 0.0561. The third kappa shape index (κ3) is 1.63. The van der Waals surface area contributed by atoms with E-state index in [1.165, 1.54) is 0 Å². The van der Waals surface area contributed by atoms with Crippen LogP contribution in [0.3, 0.4) is 0 Å². The predicted molar refractivity (Wildman–Crippen MR) is 58.1 cm³/mol. The second kappa shape index (κ2) is 3.66. The van der Waals surface area contributed by atoms with Gasteiger partial charge in [-0.2, -0.15) is 0 Å². The Morgan fingerprint density at radius 1 is 1.53 bits per heavy atom. The molecule has 0 saturated heterocycles.